The molecule has 0 aliphatic carbocycles. The Kier molecular flexibility index (Phi) is 5.43. The molecule has 19 heavy (non-hydrogen) atoms. The molecule has 2 nitrogen and oxygen atoms in total. The average Bonchev–Trinajstić information content (AvgIpc) is 2.85. The second-order valence-corrected chi connectivity index (χ2v) is 6.55. The maximum atomic E-state index is 5.83. The molecule has 2 aromatic rings. The van der Waals surface area contributed by atoms with Crippen molar-refractivity contribution in [1.82, 2.24) is 5.32 Å². The summed E-state index contributed by atoms with van der Waals surface area (Å²) in [7, 11) is 0. The van der Waals surface area contributed by atoms with Crippen molar-refractivity contribution in [2.24, 2.45) is 0 Å². The zero-order chi connectivity index (χ0) is 13.7. The first-order chi connectivity index (χ1) is 9.15. The molecule has 0 amide bonds. The van der Waals surface area contributed by atoms with E-state index in [2.05, 4.69) is 44.8 Å². The molecular formula is C15H18BrNOS. The minimum Gasteiger partial charge on any atom is -0.491 e. The second kappa shape index (κ2) is 7.08. The fraction of sp³-hybridized carbons (Fsp3) is 0.333. The maximum absolute atomic E-state index is 5.83. The van der Waals surface area contributed by atoms with Gasteiger partial charge in [0.1, 0.15) is 5.75 Å². The molecule has 0 saturated heterocycles. The molecule has 0 bridgehead atoms. The van der Waals surface area contributed by atoms with Crippen molar-refractivity contribution in [3.05, 3.63) is 50.6 Å². The molecule has 0 aliphatic heterocycles. The van der Waals surface area contributed by atoms with Crippen LogP contribution in [0.3, 0.4) is 0 Å². The van der Waals surface area contributed by atoms with Gasteiger partial charge in [-0.1, -0.05) is 22.0 Å². The van der Waals surface area contributed by atoms with Gasteiger partial charge in [-0.15, -0.1) is 11.3 Å². The van der Waals surface area contributed by atoms with Gasteiger partial charge in [-0.2, -0.15) is 0 Å². The van der Waals surface area contributed by atoms with E-state index in [1.54, 1.807) is 11.3 Å². The number of rotatable bonds is 6. The van der Waals surface area contributed by atoms with Gasteiger partial charge in [0.15, 0.2) is 0 Å². The Morgan fingerprint density at radius 3 is 2.79 bits per heavy atom. The summed E-state index contributed by atoms with van der Waals surface area (Å²) in [5.41, 5.74) is 1.18. The lowest BCUT2D eigenvalue weighted by Crippen LogP contribution is -2.14. The Morgan fingerprint density at radius 1 is 1.26 bits per heavy atom. The van der Waals surface area contributed by atoms with Crippen LogP contribution in [0.25, 0.3) is 0 Å². The molecule has 2 rings (SSSR count). The third-order valence-electron chi connectivity index (χ3n) is 2.58. The summed E-state index contributed by atoms with van der Waals surface area (Å²) in [6, 6.07) is 10.4. The Hall–Kier alpha value is -0.840. The van der Waals surface area contributed by atoms with Gasteiger partial charge in [0, 0.05) is 28.0 Å². The Labute approximate surface area is 126 Å². The van der Waals surface area contributed by atoms with Gasteiger partial charge in [-0.3, -0.25) is 0 Å². The van der Waals surface area contributed by atoms with E-state index in [-0.39, 0.29) is 6.10 Å². The van der Waals surface area contributed by atoms with Crippen molar-refractivity contribution in [3.8, 4) is 5.75 Å². The highest BCUT2D eigenvalue weighted by atomic mass is 79.9. The van der Waals surface area contributed by atoms with Crippen LogP contribution in [0.4, 0.5) is 0 Å². The number of hydrogen-bond donors (Lipinski definition) is 1. The molecule has 1 N–H and O–H groups in total. The van der Waals surface area contributed by atoms with Crippen molar-refractivity contribution in [2.75, 3.05) is 0 Å². The highest BCUT2D eigenvalue weighted by molar-refractivity contribution is 9.10. The van der Waals surface area contributed by atoms with Gasteiger partial charge in [0.25, 0.3) is 0 Å². The zero-order valence-electron chi connectivity index (χ0n) is 11.2. The Morgan fingerprint density at radius 2 is 2.11 bits per heavy atom. The summed E-state index contributed by atoms with van der Waals surface area (Å²) < 4.78 is 6.91. The van der Waals surface area contributed by atoms with Crippen LogP contribution >= 0.6 is 27.3 Å². The minimum atomic E-state index is 0.192. The third kappa shape index (κ3) is 4.64. The molecule has 0 radical (unpaired) electrons. The molecule has 1 aromatic heterocycles. The summed E-state index contributed by atoms with van der Waals surface area (Å²) in [6.07, 6.45) is 0.192. The van der Waals surface area contributed by atoms with Crippen LogP contribution in [0, 0.1) is 0 Å². The van der Waals surface area contributed by atoms with E-state index in [0.29, 0.717) is 0 Å². The SMILES string of the molecule is CC(C)Oc1ccc(Br)cc1CNCc1cccs1. The fourth-order valence-electron chi connectivity index (χ4n) is 1.79. The standard InChI is InChI=1S/C15H18BrNOS/c1-11(2)18-15-6-5-13(16)8-12(15)9-17-10-14-4-3-7-19-14/h3-8,11,17H,9-10H2,1-2H3. The first-order valence-electron chi connectivity index (χ1n) is 6.33. The predicted octanol–water partition coefficient (Wildman–Crippen LogP) is 4.59. The van der Waals surface area contributed by atoms with E-state index >= 15 is 0 Å². The number of benzene rings is 1. The summed E-state index contributed by atoms with van der Waals surface area (Å²) in [5.74, 6) is 0.955. The third-order valence-corrected chi connectivity index (χ3v) is 3.95. The first-order valence-corrected chi connectivity index (χ1v) is 8.00. The molecule has 1 aromatic carbocycles. The summed E-state index contributed by atoms with van der Waals surface area (Å²) >= 11 is 5.28. The lowest BCUT2D eigenvalue weighted by atomic mass is 10.2. The first kappa shape index (κ1) is 14.6. The number of ether oxygens (including phenoxy) is 1. The lowest BCUT2D eigenvalue weighted by molar-refractivity contribution is 0.239. The van der Waals surface area contributed by atoms with E-state index in [9.17, 15) is 0 Å². The van der Waals surface area contributed by atoms with Gasteiger partial charge in [-0.05, 0) is 43.5 Å². The molecule has 0 fully saturated rings. The minimum absolute atomic E-state index is 0.192. The van der Waals surface area contributed by atoms with Crippen molar-refractivity contribution in [3.63, 3.8) is 0 Å². The number of nitrogens with one attached hydrogen (secondary N) is 1. The summed E-state index contributed by atoms with van der Waals surface area (Å²) in [5, 5.41) is 5.56. The zero-order valence-corrected chi connectivity index (χ0v) is 13.6. The van der Waals surface area contributed by atoms with Crippen LogP contribution in [0.5, 0.6) is 5.75 Å². The van der Waals surface area contributed by atoms with Crippen LogP contribution in [0.2, 0.25) is 0 Å². The van der Waals surface area contributed by atoms with Gasteiger partial charge >= 0.3 is 0 Å². The normalized spacial score (nSPS) is 10.9. The van der Waals surface area contributed by atoms with Crippen LogP contribution in [0.1, 0.15) is 24.3 Å². The monoisotopic (exact) mass is 339 g/mol. The van der Waals surface area contributed by atoms with Gasteiger partial charge in [0.2, 0.25) is 0 Å². The maximum Gasteiger partial charge on any atom is 0.124 e. The van der Waals surface area contributed by atoms with E-state index in [0.717, 1.165) is 23.3 Å². The van der Waals surface area contributed by atoms with Crippen molar-refractivity contribution < 1.29 is 4.74 Å². The van der Waals surface area contributed by atoms with E-state index in [1.807, 2.05) is 26.0 Å². The van der Waals surface area contributed by atoms with Gasteiger partial charge in [-0.25, -0.2) is 0 Å². The molecular weight excluding hydrogens is 322 g/mol. The van der Waals surface area contributed by atoms with E-state index in [4.69, 9.17) is 4.74 Å². The Bertz CT molecular complexity index is 511. The molecule has 0 aliphatic rings. The molecule has 0 atom stereocenters. The highest BCUT2D eigenvalue weighted by Gasteiger charge is 2.06. The molecule has 0 saturated carbocycles. The number of halogens is 1. The lowest BCUT2D eigenvalue weighted by Gasteiger charge is -2.15. The second-order valence-electron chi connectivity index (χ2n) is 4.60. The van der Waals surface area contributed by atoms with Crippen molar-refractivity contribution in [1.29, 1.82) is 0 Å². The number of hydrogen-bond acceptors (Lipinski definition) is 3. The largest absolute Gasteiger partial charge is 0.491 e. The van der Waals surface area contributed by atoms with Crippen molar-refractivity contribution >= 4 is 27.3 Å². The van der Waals surface area contributed by atoms with E-state index in [1.165, 1.54) is 10.4 Å². The molecule has 0 spiro atoms. The molecule has 1 heterocycles. The van der Waals surface area contributed by atoms with Crippen LogP contribution in [-0.4, -0.2) is 6.10 Å². The summed E-state index contributed by atoms with van der Waals surface area (Å²) in [4.78, 5) is 1.35. The predicted molar refractivity (Wildman–Crippen MR) is 84.8 cm³/mol. The molecule has 102 valence electrons. The fourth-order valence-corrected chi connectivity index (χ4v) is 2.87. The van der Waals surface area contributed by atoms with Gasteiger partial charge in [0.05, 0.1) is 6.10 Å². The smallest absolute Gasteiger partial charge is 0.124 e. The van der Waals surface area contributed by atoms with Gasteiger partial charge < -0.3 is 10.1 Å². The van der Waals surface area contributed by atoms with Crippen LogP contribution in [0.15, 0.2) is 40.2 Å². The van der Waals surface area contributed by atoms with Crippen molar-refractivity contribution in [2.45, 2.75) is 33.0 Å². The summed E-state index contributed by atoms with van der Waals surface area (Å²) in [6.45, 7) is 5.79. The molecule has 4 heteroatoms. The molecule has 0 unspecified atom stereocenters. The average molecular weight is 340 g/mol. The topological polar surface area (TPSA) is 21.3 Å². The van der Waals surface area contributed by atoms with Crippen LogP contribution in [-0.2, 0) is 13.1 Å². The van der Waals surface area contributed by atoms with Crippen LogP contribution < -0.4 is 10.1 Å². The highest BCUT2D eigenvalue weighted by Crippen LogP contribution is 2.24. The number of thiophene rings is 1. The quantitative estimate of drug-likeness (QED) is 0.831. The Balaban J connectivity index is 1.99. The van der Waals surface area contributed by atoms with E-state index < -0.39 is 0 Å².